The van der Waals surface area contributed by atoms with Crippen LogP contribution >= 0.6 is 0 Å². The maximum absolute atomic E-state index is 5.76. The minimum Gasteiger partial charge on any atom is -0.494 e. The average molecular weight is 306 g/mol. The molecule has 1 aromatic carbocycles. The Kier molecular flexibility index (Phi) is 11.6. The molecule has 2 heteroatoms. The van der Waals surface area contributed by atoms with Gasteiger partial charge in [0.1, 0.15) is 11.5 Å². The minimum atomic E-state index is 0.821. The maximum atomic E-state index is 5.76. The third kappa shape index (κ3) is 9.70. The van der Waals surface area contributed by atoms with Crippen molar-refractivity contribution in [3.8, 4) is 11.5 Å². The Balaban J connectivity index is 2.07. The number of rotatable bonds is 14. The third-order valence-corrected chi connectivity index (χ3v) is 3.86. The second-order valence-corrected chi connectivity index (χ2v) is 6.00. The molecular weight excluding hydrogens is 272 g/mol. The summed E-state index contributed by atoms with van der Waals surface area (Å²) in [5.41, 5.74) is 0. The van der Waals surface area contributed by atoms with Crippen LogP contribution in [0.3, 0.4) is 0 Å². The summed E-state index contributed by atoms with van der Waals surface area (Å²) >= 11 is 0. The van der Waals surface area contributed by atoms with E-state index in [9.17, 15) is 0 Å². The van der Waals surface area contributed by atoms with Gasteiger partial charge in [0.25, 0.3) is 0 Å². The largest absolute Gasteiger partial charge is 0.494 e. The van der Waals surface area contributed by atoms with E-state index in [1.165, 1.54) is 51.4 Å². The summed E-state index contributed by atoms with van der Waals surface area (Å²) in [5, 5.41) is 0. The van der Waals surface area contributed by atoms with Gasteiger partial charge in [0.15, 0.2) is 0 Å². The maximum Gasteiger partial charge on any atom is 0.119 e. The van der Waals surface area contributed by atoms with Gasteiger partial charge >= 0.3 is 0 Å². The van der Waals surface area contributed by atoms with E-state index in [4.69, 9.17) is 9.47 Å². The number of hydrogen-bond acceptors (Lipinski definition) is 2. The summed E-state index contributed by atoms with van der Waals surface area (Å²) in [6, 6.07) is 8.05. The molecule has 2 nitrogen and oxygen atoms in total. The predicted molar refractivity (Wildman–Crippen MR) is 95.0 cm³/mol. The molecule has 0 aliphatic heterocycles. The van der Waals surface area contributed by atoms with Crippen LogP contribution in [0.1, 0.15) is 78.1 Å². The smallest absolute Gasteiger partial charge is 0.119 e. The highest BCUT2D eigenvalue weighted by molar-refractivity contribution is 5.31. The van der Waals surface area contributed by atoms with E-state index >= 15 is 0 Å². The van der Waals surface area contributed by atoms with Crippen molar-refractivity contribution >= 4 is 0 Å². The summed E-state index contributed by atoms with van der Waals surface area (Å²) in [4.78, 5) is 0. The van der Waals surface area contributed by atoms with E-state index in [0.717, 1.165) is 37.6 Å². The first-order valence-electron chi connectivity index (χ1n) is 9.22. The molecule has 126 valence electrons. The lowest BCUT2D eigenvalue weighted by Crippen LogP contribution is -1.99. The lowest BCUT2D eigenvalue weighted by molar-refractivity contribution is 0.296. The van der Waals surface area contributed by atoms with Crippen LogP contribution < -0.4 is 9.47 Å². The van der Waals surface area contributed by atoms with E-state index in [1.54, 1.807) is 0 Å². The molecule has 0 radical (unpaired) electrons. The topological polar surface area (TPSA) is 18.5 Å². The summed E-state index contributed by atoms with van der Waals surface area (Å²) in [6.07, 6.45) is 12.7. The van der Waals surface area contributed by atoms with E-state index in [1.807, 2.05) is 24.3 Å². The quantitative estimate of drug-likeness (QED) is 0.371. The fraction of sp³-hybridized carbons (Fsp3) is 0.700. The Labute approximate surface area is 137 Å². The number of benzene rings is 1. The first-order valence-corrected chi connectivity index (χ1v) is 9.22. The van der Waals surface area contributed by atoms with Gasteiger partial charge in [0.05, 0.1) is 13.2 Å². The Morgan fingerprint density at radius 3 is 1.27 bits per heavy atom. The molecule has 0 fully saturated rings. The fourth-order valence-electron chi connectivity index (χ4n) is 2.42. The van der Waals surface area contributed by atoms with Crippen molar-refractivity contribution in [2.75, 3.05) is 13.2 Å². The molecule has 0 spiro atoms. The first kappa shape index (κ1) is 18.9. The fourth-order valence-corrected chi connectivity index (χ4v) is 2.42. The van der Waals surface area contributed by atoms with Crippen LogP contribution in [-0.2, 0) is 0 Å². The molecule has 0 unspecified atom stereocenters. The molecule has 1 rings (SSSR count). The molecule has 0 amide bonds. The molecule has 0 saturated carbocycles. The van der Waals surface area contributed by atoms with Gasteiger partial charge in [-0.2, -0.15) is 0 Å². The van der Waals surface area contributed by atoms with Gasteiger partial charge in [-0.3, -0.25) is 0 Å². The molecule has 0 atom stereocenters. The van der Waals surface area contributed by atoms with Gasteiger partial charge in [0.2, 0.25) is 0 Å². The van der Waals surface area contributed by atoms with Crippen molar-refractivity contribution in [1.82, 2.24) is 0 Å². The predicted octanol–water partition coefficient (Wildman–Crippen LogP) is 6.39. The normalized spacial score (nSPS) is 10.6. The number of hydrogen-bond donors (Lipinski definition) is 0. The van der Waals surface area contributed by atoms with Crippen molar-refractivity contribution in [2.24, 2.45) is 0 Å². The van der Waals surface area contributed by atoms with Crippen molar-refractivity contribution in [3.63, 3.8) is 0 Å². The summed E-state index contributed by atoms with van der Waals surface area (Å²) in [6.45, 7) is 6.12. The van der Waals surface area contributed by atoms with Crippen LogP contribution in [0.15, 0.2) is 24.3 Å². The minimum absolute atomic E-state index is 0.821. The first-order chi connectivity index (χ1) is 10.9. The van der Waals surface area contributed by atoms with Crippen LogP contribution in [0.4, 0.5) is 0 Å². The highest BCUT2D eigenvalue weighted by Crippen LogP contribution is 2.18. The van der Waals surface area contributed by atoms with Gasteiger partial charge < -0.3 is 9.47 Å². The van der Waals surface area contributed by atoms with Gasteiger partial charge in [-0.05, 0) is 37.1 Å². The van der Waals surface area contributed by atoms with Gasteiger partial charge in [-0.15, -0.1) is 0 Å². The summed E-state index contributed by atoms with van der Waals surface area (Å²) < 4.78 is 11.5. The Morgan fingerprint density at radius 2 is 0.909 bits per heavy atom. The summed E-state index contributed by atoms with van der Waals surface area (Å²) in [7, 11) is 0. The average Bonchev–Trinajstić information content (AvgIpc) is 2.55. The van der Waals surface area contributed by atoms with Gasteiger partial charge in [-0.1, -0.05) is 65.2 Å². The summed E-state index contributed by atoms with van der Waals surface area (Å²) in [5.74, 6) is 1.90. The molecule has 0 heterocycles. The molecule has 0 bridgehead atoms. The zero-order valence-electron chi connectivity index (χ0n) is 14.6. The SMILES string of the molecule is CCCCCCCOc1ccc(OCCCCCCC)cc1. The van der Waals surface area contributed by atoms with Crippen molar-refractivity contribution in [1.29, 1.82) is 0 Å². The third-order valence-electron chi connectivity index (χ3n) is 3.86. The molecule has 1 aromatic rings. The molecular formula is C20H34O2. The monoisotopic (exact) mass is 306 g/mol. The van der Waals surface area contributed by atoms with Crippen LogP contribution in [0, 0.1) is 0 Å². The zero-order valence-corrected chi connectivity index (χ0v) is 14.6. The highest BCUT2D eigenvalue weighted by atomic mass is 16.5. The number of unbranched alkanes of at least 4 members (excludes halogenated alkanes) is 8. The highest BCUT2D eigenvalue weighted by Gasteiger charge is 1.97. The van der Waals surface area contributed by atoms with Crippen LogP contribution in [0.25, 0.3) is 0 Å². The Hall–Kier alpha value is -1.18. The molecule has 0 saturated heterocycles. The zero-order chi connectivity index (χ0) is 15.9. The molecule has 0 aliphatic carbocycles. The van der Waals surface area contributed by atoms with Gasteiger partial charge in [0, 0.05) is 0 Å². The number of ether oxygens (including phenoxy) is 2. The Bertz CT molecular complexity index is 310. The van der Waals surface area contributed by atoms with Crippen molar-refractivity contribution in [3.05, 3.63) is 24.3 Å². The lowest BCUT2D eigenvalue weighted by atomic mass is 10.2. The molecule has 0 aliphatic rings. The molecule has 0 N–H and O–H groups in total. The van der Waals surface area contributed by atoms with Crippen LogP contribution in [0.2, 0.25) is 0 Å². The lowest BCUT2D eigenvalue weighted by Gasteiger charge is -2.09. The van der Waals surface area contributed by atoms with Crippen LogP contribution in [-0.4, -0.2) is 13.2 Å². The standard InChI is InChI=1S/C20H34O2/c1-3-5-7-9-11-17-21-19-13-15-20(16-14-19)22-18-12-10-8-6-4-2/h13-16H,3-12,17-18H2,1-2H3. The van der Waals surface area contributed by atoms with E-state index < -0.39 is 0 Å². The van der Waals surface area contributed by atoms with E-state index in [0.29, 0.717) is 0 Å². The van der Waals surface area contributed by atoms with Crippen molar-refractivity contribution in [2.45, 2.75) is 78.1 Å². The van der Waals surface area contributed by atoms with Crippen molar-refractivity contribution < 1.29 is 9.47 Å². The van der Waals surface area contributed by atoms with Crippen LogP contribution in [0.5, 0.6) is 11.5 Å². The van der Waals surface area contributed by atoms with E-state index in [2.05, 4.69) is 13.8 Å². The van der Waals surface area contributed by atoms with Gasteiger partial charge in [-0.25, -0.2) is 0 Å². The molecule has 22 heavy (non-hydrogen) atoms. The second kappa shape index (κ2) is 13.5. The Morgan fingerprint density at radius 1 is 0.545 bits per heavy atom. The van der Waals surface area contributed by atoms with E-state index in [-0.39, 0.29) is 0 Å². The second-order valence-electron chi connectivity index (χ2n) is 6.00. The molecule has 0 aromatic heterocycles.